The Morgan fingerprint density at radius 3 is 2.71 bits per heavy atom. The highest BCUT2D eigenvalue weighted by Gasteiger charge is 2.03. The van der Waals surface area contributed by atoms with Gasteiger partial charge in [-0.15, -0.1) is 0 Å². The summed E-state index contributed by atoms with van der Waals surface area (Å²) in [7, 11) is 0. The molecule has 1 rings (SSSR count). The van der Waals surface area contributed by atoms with Gasteiger partial charge in [0.1, 0.15) is 18.6 Å². The third-order valence-corrected chi connectivity index (χ3v) is 1.80. The SMILES string of the molecule is O=CCCC(O)COc1ccccc1. The molecule has 0 spiro atoms. The molecule has 0 aliphatic rings. The van der Waals surface area contributed by atoms with E-state index in [2.05, 4.69) is 0 Å². The van der Waals surface area contributed by atoms with Gasteiger partial charge in [0.2, 0.25) is 0 Å². The number of para-hydroxylation sites is 1. The van der Waals surface area contributed by atoms with Crippen molar-refractivity contribution in [3.05, 3.63) is 30.3 Å². The van der Waals surface area contributed by atoms with Gasteiger partial charge in [0, 0.05) is 6.42 Å². The molecule has 1 aromatic rings. The van der Waals surface area contributed by atoms with Crippen LogP contribution in [0.1, 0.15) is 12.8 Å². The summed E-state index contributed by atoms with van der Waals surface area (Å²) in [5.74, 6) is 0.734. The first-order valence-corrected chi connectivity index (χ1v) is 4.62. The Balaban J connectivity index is 2.23. The quantitative estimate of drug-likeness (QED) is 0.696. The summed E-state index contributed by atoms with van der Waals surface area (Å²) in [5.41, 5.74) is 0. The Bertz CT molecular complexity index is 258. The molecule has 0 fully saturated rings. The van der Waals surface area contributed by atoms with E-state index >= 15 is 0 Å². The van der Waals surface area contributed by atoms with Crippen LogP contribution in [0.15, 0.2) is 30.3 Å². The van der Waals surface area contributed by atoms with Gasteiger partial charge in [-0.2, -0.15) is 0 Å². The standard InChI is InChI=1S/C11H14O3/c12-8-4-5-10(13)9-14-11-6-2-1-3-7-11/h1-3,6-8,10,13H,4-5,9H2. The molecule has 3 nitrogen and oxygen atoms in total. The van der Waals surface area contributed by atoms with Crippen molar-refractivity contribution in [3.8, 4) is 5.75 Å². The van der Waals surface area contributed by atoms with Crippen LogP contribution in [0.5, 0.6) is 5.75 Å². The smallest absolute Gasteiger partial charge is 0.120 e. The summed E-state index contributed by atoms with van der Waals surface area (Å²) in [6.07, 6.45) is 1.06. The number of aliphatic hydroxyl groups is 1. The lowest BCUT2D eigenvalue weighted by Crippen LogP contribution is -2.17. The van der Waals surface area contributed by atoms with Gasteiger partial charge < -0.3 is 14.6 Å². The van der Waals surface area contributed by atoms with Gasteiger partial charge in [-0.1, -0.05) is 18.2 Å². The van der Waals surface area contributed by atoms with Crippen LogP contribution in [0.25, 0.3) is 0 Å². The Morgan fingerprint density at radius 2 is 2.07 bits per heavy atom. The first-order valence-electron chi connectivity index (χ1n) is 4.62. The summed E-state index contributed by atoms with van der Waals surface area (Å²) in [4.78, 5) is 10.0. The zero-order valence-corrected chi connectivity index (χ0v) is 7.93. The van der Waals surface area contributed by atoms with Gasteiger partial charge in [0.15, 0.2) is 0 Å². The van der Waals surface area contributed by atoms with Gasteiger partial charge in [-0.05, 0) is 18.6 Å². The third kappa shape index (κ3) is 4.05. The zero-order valence-electron chi connectivity index (χ0n) is 7.93. The third-order valence-electron chi connectivity index (χ3n) is 1.80. The number of aliphatic hydroxyl groups excluding tert-OH is 1. The molecule has 1 unspecified atom stereocenters. The van der Waals surface area contributed by atoms with Crippen LogP contribution in [-0.2, 0) is 4.79 Å². The lowest BCUT2D eigenvalue weighted by atomic mass is 10.2. The second-order valence-electron chi connectivity index (χ2n) is 3.02. The zero-order chi connectivity index (χ0) is 10.2. The van der Waals surface area contributed by atoms with Gasteiger partial charge in [0.25, 0.3) is 0 Å². The van der Waals surface area contributed by atoms with E-state index in [1.54, 1.807) is 0 Å². The minimum absolute atomic E-state index is 0.234. The molecular weight excluding hydrogens is 180 g/mol. The maximum Gasteiger partial charge on any atom is 0.120 e. The van der Waals surface area contributed by atoms with Gasteiger partial charge in [0.05, 0.1) is 6.10 Å². The van der Waals surface area contributed by atoms with Crippen molar-refractivity contribution in [1.29, 1.82) is 0 Å². The van der Waals surface area contributed by atoms with E-state index in [-0.39, 0.29) is 6.61 Å². The van der Waals surface area contributed by atoms with E-state index in [4.69, 9.17) is 4.74 Å². The molecule has 0 amide bonds. The number of benzene rings is 1. The molecule has 0 saturated carbocycles. The topological polar surface area (TPSA) is 46.5 Å². The highest BCUT2D eigenvalue weighted by atomic mass is 16.5. The fourth-order valence-electron chi connectivity index (χ4n) is 1.05. The van der Waals surface area contributed by atoms with Crippen molar-refractivity contribution in [1.82, 2.24) is 0 Å². The Kier molecular flexibility index (Phi) is 4.72. The van der Waals surface area contributed by atoms with Crippen molar-refractivity contribution in [3.63, 3.8) is 0 Å². The monoisotopic (exact) mass is 194 g/mol. The molecule has 0 saturated heterocycles. The van der Waals surface area contributed by atoms with E-state index in [9.17, 15) is 9.90 Å². The van der Waals surface area contributed by atoms with Crippen LogP contribution >= 0.6 is 0 Å². The number of hydrogen-bond acceptors (Lipinski definition) is 3. The van der Waals surface area contributed by atoms with Crippen LogP contribution in [-0.4, -0.2) is 24.1 Å². The van der Waals surface area contributed by atoms with E-state index < -0.39 is 6.10 Å². The maximum atomic E-state index is 10.0. The second-order valence-corrected chi connectivity index (χ2v) is 3.02. The normalized spacial score (nSPS) is 12.1. The molecule has 76 valence electrons. The largest absolute Gasteiger partial charge is 0.491 e. The molecule has 14 heavy (non-hydrogen) atoms. The number of aldehydes is 1. The van der Waals surface area contributed by atoms with Crippen molar-refractivity contribution in [2.75, 3.05) is 6.61 Å². The predicted octanol–water partition coefficient (Wildman–Crippen LogP) is 1.41. The summed E-state index contributed by atoms with van der Waals surface area (Å²) in [6, 6.07) is 9.29. The summed E-state index contributed by atoms with van der Waals surface area (Å²) in [5, 5.41) is 9.36. The van der Waals surface area contributed by atoms with Crippen molar-refractivity contribution in [2.24, 2.45) is 0 Å². The predicted molar refractivity (Wildman–Crippen MR) is 53.2 cm³/mol. The minimum Gasteiger partial charge on any atom is -0.491 e. The number of ether oxygens (including phenoxy) is 1. The molecule has 1 N–H and O–H groups in total. The summed E-state index contributed by atoms with van der Waals surface area (Å²) in [6.45, 7) is 0.234. The molecule has 1 atom stereocenters. The summed E-state index contributed by atoms with van der Waals surface area (Å²) < 4.78 is 5.30. The average molecular weight is 194 g/mol. The Labute approximate surface area is 83.3 Å². The Hall–Kier alpha value is -1.35. The number of carbonyl (C=O) groups excluding carboxylic acids is 1. The van der Waals surface area contributed by atoms with Crippen LogP contribution in [0.4, 0.5) is 0 Å². The van der Waals surface area contributed by atoms with Crippen LogP contribution in [0, 0.1) is 0 Å². The first kappa shape index (κ1) is 10.7. The highest BCUT2D eigenvalue weighted by Crippen LogP contribution is 2.09. The van der Waals surface area contributed by atoms with E-state index in [1.807, 2.05) is 30.3 Å². The fourth-order valence-corrected chi connectivity index (χ4v) is 1.05. The van der Waals surface area contributed by atoms with E-state index in [0.29, 0.717) is 12.8 Å². The number of rotatable bonds is 6. The lowest BCUT2D eigenvalue weighted by Gasteiger charge is -2.10. The van der Waals surface area contributed by atoms with Crippen LogP contribution in [0.3, 0.4) is 0 Å². The summed E-state index contributed by atoms with van der Waals surface area (Å²) >= 11 is 0. The molecule has 0 aliphatic carbocycles. The Morgan fingerprint density at radius 1 is 1.36 bits per heavy atom. The molecule has 1 aromatic carbocycles. The molecule has 0 aromatic heterocycles. The molecular formula is C11H14O3. The average Bonchev–Trinajstić information content (AvgIpc) is 2.25. The molecule has 0 heterocycles. The van der Waals surface area contributed by atoms with E-state index in [1.165, 1.54) is 0 Å². The van der Waals surface area contributed by atoms with Gasteiger partial charge in [-0.25, -0.2) is 0 Å². The number of hydrogen-bond donors (Lipinski definition) is 1. The van der Waals surface area contributed by atoms with Crippen molar-refractivity contribution in [2.45, 2.75) is 18.9 Å². The highest BCUT2D eigenvalue weighted by molar-refractivity contribution is 5.49. The molecule has 3 heteroatoms. The molecule has 0 bridgehead atoms. The second kappa shape index (κ2) is 6.16. The number of carbonyl (C=O) groups is 1. The molecule has 0 radical (unpaired) electrons. The van der Waals surface area contributed by atoms with Crippen molar-refractivity contribution >= 4 is 6.29 Å². The van der Waals surface area contributed by atoms with Crippen LogP contribution < -0.4 is 4.74 Å². The van der Waals surface area contributed by atoms with E-state index in [0.717, 1.165) is 12.0 Å². The maximum absolute atomic E-state index is 10.0. The first-order chi connectivity index (χ1) is 6.83. The molecule has 0 aliphatic heterocycles. The van der Waals surface area contributed by atoms with Crippen LogP contribution in [0.2, 0.25) is 0 Å². The van der Waals surface area contributed by atoms with Crippen molar-refractivity contribution < 1.29 is 14.6 Å². The minimum atomic E-state index is -0.569. The van der Waals surface area contributed by atoms with Gasteiger partial charge >= 0.3 is 0 Å². The van der Waals surface area contributed by atoms with Gasteiger partial charge in [-0.3, -0.25) is 0 Å². The fraction of sp³-hybridized carbons (Fsp3) is 0.364. The lowest BCUT2D eigenvalue weighted by molar-refractivity contribution is -0.108.